The van der Waals surface area contributed by atoms with Gasteiger partial charge in [-0.1, -0.05) is 32.4 Å². The molecule has 0 N–H and O–H groups in total. The summed E-state index contributed by atoms with van der Waals surface area (Å²) in [5, 5.41) is 0.725. The van der Waals surface area contributed by atoms with E-state index in [0.29, 0.717) is 11.4 Å². The third-order valence-electron chi connectivity index (χ3n) is 7.03. The molecule has 1 aromatic heterocycles. The molecule has 7 heteroatoms. The molecule has 2 rings (SSSR count). The molecule has 0 saturated heterocycles. The Morgan fingerprint density at radius 3 is 1.86 bits per heavy atom. The number of likely N-dealkylation sites (N-methyl/N-ethyl adjacent to an activating group) is 1. The van der Waals surface area contributed by atoms with Gasteiger partial charge in [0.05, 0.1) is 14.2 Å². The summed E-state index contributed by atoms with van der Waals surface area (Å²) in [7, 11) is 4.38. The van der Waals surface area contributed by atoms with Crippen LogP contribution in [0, 0.1) is 34.6 Å². The molecular formula is C28H39ClN2O4. The fourth-order valence-corrected chi connectivity index (χ4v) is 5.00. The van der Waals surface area contributed by atoms with Crippen LogP contribution in [0.1, 0.15) is 78.6 Å². The normalized spacial score (nSPS) is 11.9. The third kappa shape index (κ3) is 4.77. The number of carbonyl (C=O) groups excluding carboxylic acids is 2. The van der Waals surface area contributed by atoms with Gasteiger partial charge in [-0.25, -0.2) is 9.78 Å². The number of rotatable bonds is 5. The molecule has 0 spiro atoms. The highest BCUT2D eigenvalue weighted by Gasteiger charge is 2.39. The van der Waals surface area contributed by atoms with Gasteiger partial charge in [0.25, 0.3) is 5.91 Å². The van der Waals surface area contributed by atoms with Crippen molar-refractivity contribution >= 4 is 23.5 Å². The van der Waals surface area contributed by atoms with Crippen molar-refractivity contribution in [1.82, 2.24) is 9.88 Å². The van der Waals surface area contributed by atoms with Crippen molar-refractivity contribution in [1.29, 1.82) is 0 Å². The molecule has 0 radical (unpaired) electrons. The zero-order valence-electron chi connectivity index (χ0n) is 23.4. The van der Waals surface area contributed by atoms with Gasteiger partial charge in [-0.05, 0) is 81.7 Å². The van der Waals surface area contributed by atoms with Gasteiger partial charge in [-0.3, -0.25) is 4.79 Å². The van der Waals surface area contributed by atoms with E-state index < -0.39 is 17.4 Å². The molecule has 1 amide bonds. The zero-order valence-corrected chi connectivity index (χ0v) is 24.2. The lowest BCUT2D eigenvalue weighted by Gasteiger charge is -2.33. The van der Waals surface area contributed by atoms with Crippen molar-refractivity contribution in [2.75, 3.05) is 21.3 Å². The maximum absolute atomic E-state index is 13.5. The average molecular weight is 503 g/mol. The molecule has 6 nitrogen and oxygen atoms in total. The quantitative estimate of drug-likeness (QED) is 0.450. The summed E-state index contributed by atoms with van der Waals surface area (Å²) in [6, 6.07) is 0. The molecule has 35 heavy (non-hydrogen) atoms. The monoisotopic (exact) mass is 502 g/mol. The largest absolute Gasteiger partial charge is 0.494 e. The maximum Gasteiger partial charge on any atom is 0.331 e. The summed E-state index contributed by atoms with van der Waals surface area (Å²) in [5.74, 6) is -0.579. The number of hydrogen-bond acceptors (Lipinski definition) is 5. The van der Waals surface area contributed by atoms with Crippen LogP contribution in [-0.2, 0) is 14.9 Å². The summed E-state index contributed by atoms with van der Waals surface area (Å²) >= 11 is 6.80. The predicted molar refractivity (Wildman–Crippen MR) is 142 cm³/mol. The fraction of sp³-hybridized carbons (Fsp3) is 0.536. The Labute approximate surface area is 215 Å². The zero-order chi connectivity index (χ0) is 27.2. The fourth-order valence-electron chi connectivity index (χ4n) is 4.77. The van der Waals surface area contributed by atoms with Crippen molar-refractivity contribution in [2.45, 2.75) is 80.2 Å². The molecule has 2 aromatic rings. The number of aromatic nitrogens is 1. The van der Waals surface area contributed by atoms with Crippen LogP contribution in [0.3, 0.4) is 0 Å². The average Bonchev–Trinajstić information content (AvgIpc) is 2.77. The number of hydrogen-bond donors (Lipinski definition) is 0. The van der Waals surface area contributed by atoms with Crippen LogP contribution in [0.2, 0.25) is 5.02 Å². The van der Waals surface area contributed by atoms with E-state index >= 15 is 0 Å². The molecular weight excluding hydrogens is 464 g/mol. The van der Waals surface area contributed by atoms with Crippen LogP contribution in [0.5, 0.6) is 5.75 Å². The maximum atomic E-state index is 13.5. The van der Waals surface area contributed by atoms with E-state index in [1.54, 1.807) is 20.9 Å². The van der Waals surface area contributed by atoms with Crippen LogP contribution in [0.25, 0.3) is 11.1 Å². The molecule has 0 saturated carbocycles. The third-order valence-corrected chi connectivity index (χ3v) is 7.59. The Kier molecular flexibility index (Phi) is 8.02. The van der Waals surface area contributed by atoms with Crippen molar-refractivity contribution in [3.05, 3.63) is 44.2 Å². The first kappa shape index (κ1) is 28.6. The van der Waals surface area contributed by atoms with Crippen molar-refractivity contribution < 1.29 is 19.1 Å². The van der Waals surface area contributed by atoms with Crippen molar-refractivity contribution in [3.8, 4) is 16.9 Å². The smallest absolute Gasteiger partial charge is 0.331 e. The van der Waals surface area contributed by atoms with E-state index in [-0.39, 0.29) is 11.1 Å². The molecule has 192 valence electrons. The highest BCUT2D eigenvalue weighted by atomic mass is 35.5. The van der Waals surface area contributed by atoms with Gasteiger partial charge >= 0.3 is 5.97 Å². The number of halogens is 1. The number of amides is 1. The Morgan fingerprint density at radius 2 is 1.40 bits per heavy atom. The number of aryl methyl sites for hydroxylation is 1. The van der Waals surface area contributed by atoms with Gasteiger partial charge in [0.15, 0.2) is 11.4 Å². The molecule has 0 aliphatic rings. The Morgan fingerprint density at radius 1 is 0.857 bits per heavy atom. The van der Waals surface area contributed by atoms with Crippen LogP contribution in [0.15, 0.2) is 0 Å². The van der Waals surface area contributed by atoms with E-state index in [1.807, 2.05) is 27.7 Å². The van der Waals surface area contributed by atoms with E-state index in [0.717, 1.165) is 38.4 Å². The minimum Gasteiger partial charge on any atom is -0.494 e. The molecule has 0 aliphatic carbocycles. The number of methoxy groups -OCH3 is 2. The SMILES string of the molecule is COC(=O)C(C)(C)N(C)C(=O)c1nc(C)c(-c2c(C)c(Cl)c(C)c(C)c2C(C)(C)C)c(C)c1OC. The summed E-state index contributed by atoms with van der Waals surface area (Å²) < 4.78 is 10.7. The molecule has 0 fully saturated rings. The van der Waals surface area contributed by atoms with Gasteiger partial charge in [0, 0.05) is 28.9 Å². The summed E-state index contributed by atoms with van der Waals surface area (Å²) in [4.78, 5) is 31.9. The first-order chi connectivity index (χ1) is 15.9. The molecule has 0 aliphatic heterocycles. The minimum atomic E-state index is -1.18. The standard InChI is InChI=1S/C28H39ClN2O4/c1-14-15(2)22(29)16(3)20(21(14)27(6,7)8)19-17(4)24(34-12)23(30-18(19)5)25(32)31(11)28(9,10)26(33)35-13/h1-13H3. The number of carbonyl (C=O) groups is 2. The van der Waals surface area contributed by atoms with Gasteiger partial charge in [0.2, 0.25) is 0 Å². The van der Waals surface area contributed by atoms with Crippen LogP contribution in [-0.4, -0.2) is 48.6 Å². The van der Waals surface area contributed by atoms with Crippen molar-refractivity contribution in [2.24, 2.45) is 0 Å². The molecule has 1 aromatic carbocycles. The lowest BCUT2D eigenvalue weighted by Crippen LogP contribution is -2.51. The van der Waals surface area contributed by atoms with Gasteiger partial charge in [0.1, 0.15) is 5.54 Å². The van der Waals surface area contributed by atoms with E-state index in [1.165, 1.54) is 24.7 Å². The number of ether oxygens (including phenoxy) is 2. The number of nitrogens with zero attached hydrogens (tertiary/aromatic N) is 2. The predicted octanol–water partition coefficient (Wildman–Crippen LogP) is 6.27. The summed E-state index contributed by atoms with van der Waals surface area (Å²) in [5.41, 5.74) is 6.57. The molecule has 0 bridgehead atoms. The van der Waals surface area contributed by atoms with Gasteiger partial charge in [-0.2, -0.15) is 0 Å². The Bertz CT molecular complexity index is 1190. The highest BCUT2D eigenvalue weighted by molar-refractivity contribution is 6.32. The minimum absolute atomic E-state index is 0.149. The summed E-state index contributed by atoms with van der Waals surface area (Å²) in [6.07, 6.45) is 0. The molecule has 1 heterocycles. The topological polar surface area (TPSA) is 68.7 Å². The Balaban J connectivity index is 2.93. The van der Waals surface area contributed by atoms with E-state index in [4.69, 9.17) is 26.1 Å². The van der Waals surface area contributed by atoms with Crippen molar-refractivity contribution in [3.63, 3.8) is 0 Å². The molecule has 0 atom stereocenters. The first-order valence-electron chi connectivity index (χ1n) is 11.7. The van der Waals surface area contributed by atoms with Gasteiger partial charge in [-0.15, -0.1) is 0 Å². The highest BCUT2D eigenvalue weighted by Crippen LogP contribution is 2.46. The van der Waals surface area contributed by atoms with Gasteiger partial charge < -0.3 is 14.4 Å². The second kappa shape index (κ2) is 9.81. The second-order valence-corrected chi connectivity index (χ2v) is 11.1. The lowest BCUT2D eigenvalue weighted by atomic mass is 9.75. The van der Waals surface area contributed by atoms with Crippen LogP contribution >= 0.6 is 11.6 Å². The van der Waals surface area contributed by atoms with Crippen LogP contribution < -0.4 is 4.74 Å². The lowest BCUT2D eigenvalue weighted by molar-refractivity contribution is -0.150. The Hall–Kier alpha value is -2.60. The molecule has 0 unspecified atom stereocenters. The summed E-state index contributed by atoms with van der Waals surface area (Å²) in [6.45, 7) is 19.8. The second-order valence-electron chi connectivity index (χ2n) is 10.7. The van der Waals surface area contributed by atoms with Crippen LogP contribution in [0.4, 0.5) is 0 Å². The number of esters is 1. The first-order valence-corrected chi connectivity index (χ1v) is 12.0. The number of pyridine rings is 1. The van der Waals surface area contributed by atoms with E-state index in [9.17, 15) is 9.59 Å². The number of benzene rings is 1. The van der Waals surface area contributed by atoms with E-state index in [2.05, 4.69) is 27.7 Å².